The van der Waals surface area contributed by atoms with Crippen LogP contribution in [0.5, 0.6) is 23.0 Å². The Morgan fingerprint density at radius 3 is 2.06 bits per heavy atom. The van der Waals surface area contributed by atoms with Crippen molar-refractivity contribution in [3.8, 4) is 34.1 Å². The van der Waals surface area contributed by atoms with Crippen molar-refractivity contribution in [2.45, 2.75) is 13.0 Å². The van der Waals surface area contributed by atoms with Crippen molar-refractivity contribution in [2.75, 3.05) is 42.2 Å². The van der Waals surface area contributed by atoms with Crippen LogP contribution < -0.4 is 24.5 Å². The van der Waals surface area contributed by atoms with Gasteiger partial charge in [0.05, 0.1) is 45.4 Å². The number of pyridine rings is 1. The number of fused-ring (bicyclic) bond motifs is 1. The van der Waals surface area contributed by atoms with Crippen LogP contribution in [0, 0.1) is 0 Å². The summed E-state index contributed by atoms with van der Waals surface area (Å²) in [6.07, 6.45) is 0.262. The van der Waals surface area contributed by atoms with Crippen molar-refractivity contribution in [2.24, 2.45) is 0 Å². The van der Waals surface area contributed by atoms with Gasteiger partial charge >= 0.3 is 5.97 Å². The summed E-state index contributed by atoms with van der Waals surface area (Å²) in [5, 5.41) is 10.2. The third kappa shape index (κ3) is 4.43. The minimum atomic E-state index is -0.701. The second-order valence-electron chi connectivity index (χ2n) is 7.20. The number of carbonyl (C=O) groups is 1. The molecule has 3 rings (SSSR count). The molecule has 1 N–H and O–H groups in total. The molecule has 1 heterocycles. The number of hydrogen-bond acceptors (Lipinski definition) is 8. The van der Waals surface area contributed by atoms with Crippen LogP contribution in [0.2, 0.25) is 0 Å². The Labute approximate surface area is 204 Å². The smallest absolute Gasteiger partial charge is 0.355 e. The number of esters is 1. The maximum Gasteiger partial charge on any atom is 0.355 e. The molecule has 0 atom stereocenters. The zero-order valence-corrected chi connectivity index (χ0v) is 21.1. The fourth-order valence-electron chi connectivity index (χ4n) is 3.88. The van der Waals surface area contributed by atoms with Gasteiger partial charge in [-0.3, -0.25) is 4.79 Å². The summed E-state index contributed by atoms with van der Waals surface area (Å²) in [5.74, 6) is 0.949. The van der Waals surface area contributed by atoms with E-state index in [2.05, 4.69) is 15.9 Å². The Balaban J connectivity index is 2.59. The summed E-state index contributed by atoms with van der Waals surface area (Å²) in [6.45, 7) is -0.0558. The highest BCUT2D eigenvalue weighted by Gasteiger charge is 2.27. The molecule has 0 bridgehead atoms. The molecule has 10 heteroatoms. The van der Waals surface area contributed by atoms with Gasteiger partial charge in [0.1, 0.15) is 5.69 Å². The molecular weight excluding hydrogens is 510 g/mol. The lowest BCUT2D eigenvalue weighted by Gasteiger charge is -2.21. The molecule has 0 fully saturated rings. The molecule has 0 unspecified atom stereocenters. The standard InChI is InChI=1S/C24H26BrNO8/c1-30-17-11-14-15(12-18(17)31-2)23(28)26(7-6-8-27)21(24(29)34-5)20(14)13-9-16(25)22(33-4)19(10-13)32-3/h9-12,27H,6-8H2,1-5H3. The quantitative estimate of drug-likeness (QED) is 0.414. The van der Waals surface area contributed by atoms with Gasteiger partial charge in [0.25, 0.3) is 5.56 Å². The Morgan fingerprint density at radius 1 is 0.912 bits per heavy atom. The van der Waals surface area contributed by atoms with E-state index in [0.29, 0.717) is 49.4 Å². The van der Waals surface area contributed by atoms with Gasteiger partial charge in [-0.2, -0.15) is 0 Å². The average Bonchev–Trinajstić information content (AvgIpc) is 2.85. The fourth-order valence-corrected chi connectivity index (χ4v) is 4.48. The highest BCUT2D eigenvalue weighted by Crippen LogP contribution is 2.43. The molecule has 0 radical (unpaired) electrons. The summed E-state index contributed by atoms with van der Waals surface area (Å²) in [6, 6.07) is 6.70. The second kappa shape index (κ2) is 10.8. The van der Waals surface area contributed by atoms with Crippen LogP contribution in [0.25, 0.3) is 21.9 Å². The molecule has 0 amide bonds. The largest absolute Gasteiger partial charge is 0.493 e. The molecule has 2 aromatic carbocycles. The lowest BCUT2D eigenvalue weighted by molar-refractivity contribution is 0.0587. The number of aliphatic hydroxyl groups excluding tert-OH is 1. The first-order valence-electron chi connectivity index (χ1n) is 10.3. The first-order chi connectivity index (χ1) is 16.4. The summed E-state index contributed by atoms with van der Waals surface area (Å²) < 4.78 is 28.8. The Kier molecular flexibility index (Phi) is 8.06. The van der Waals surface area contributed by atoms with E-state index in [0.717, 1.165) is 0 Å². The number of ether oxygens (including phenoxy) is 5. The molecule has 0 aliphatic rings. The van der Waals surface area contributed by atoms with Crippen molar-refractivity contribution >= 4 is 32.7 Å². The molecule has 1 aromatic heterocycles. The average molecular weight is 536 g/mol. The predicted molar refractivity (Wildman–Crippen MR) is 131 cm³/mol. The Morgan fingerprint density at radius 2 is 1.53 bits per heavy atom. The van der Waals surface area contributed by atoms with Crippen LogP contribution in [-0.2, 0) is 11.3 Å². The maximum atomic E-state index is 13.5. The van der Waals surface area contributed by atoms with E-state index in [1.54, 1.807) is 24.3 Å². The normalized spacial score (nSPS) is 10.8. The molecule has 0 aliphatic carbocycles. The zero-order valence-electron chi connectivity index (χ0n) is 19.6. The van der Waals surface area contributed by atoms with Gasteiger partial charge in [-0.1, -0.05) is 0 Å². The summed E-state index contributed by atoms with van der Waals surface area (Å²) in [4.78, 5) is 26.6. The number of halogens is 1. The number of aromatic nitrogens is 1. The van der Waals surface area contributed by atoms with E-state index in [-0.39, 0.29) is 25.3 Å². The SMILES string of the molecule is COC(=O)c1c(-c2cc(Br)c(OC)c(OC)c2)c2cc(OC)c(OC)cc2c(=O)n1CCCO. The van der Waals surface area contributed by atoms with Crippen molar-refractivity contribution in [3.05, 3.63) is 44.8 Å². The molecule has 34 heavy (non-hydrogen) atoms. The van der Waals surface area contributed by atoms with E-state index < -0.39 is 11.5 Å². The van der Waals surface area contributed by atoms with Crippen LogP contribution in [0.4, 0.5) is 0 Å². The van der Waals surface area contributed by atoms with Crippen LogP contribution in [0.3, 0.4) is 0 Å². The van der Waals surface area contributed by atoms with E-state index in [4.69, 9.17) is 23.7 Å². The summed E-state index contributed by atoms with van der Waals surface area (Å²) in [5.41, 5.74) is 0.620. The molecule has 0 aliphatic heterocycles. The van der Waals surface area contributed by atoms with E-state index in [9.17, 15) is 14.7 Å². The van der Waals surface area contributed by atoms with Gasteiger partial charge in [0, 0.05) is 24.1 Å². The molecule has 0 saturated heterocycles. The van der Waals surface area contributed by atoms with Crippen molar-refractivity contribution in [1.82, 2.24) is 4.57 Å². The van der Waals surface area contributed by atoms with E-state index in [1.165, 1.54) is 40.1 Å². The van der Waals surface area contributed by atoms with Gasteiger partial charge in [-0.05, 0) is 52.2 Å². The minimum Gasteiger partial charge on any atom is -0.493 e. The zero-order chi connectivity index (χ0) is 25.0. The Hall–Kier alpha value is -3.24. The third-order valence-corrected chi connectivity index (χ3v) is 6.01. The van der Waals surface area contributed by atoms with E-state index in [1.807, 2.05) is 0 Å². The van der Waals surface area contributed by atoms with Crippen molar-refractivity contribution in [1.29, 1.82) is 0 Å². The first-order valence-corrected chi connectivity index (χ1v) is 11.1. The van der Waals surface area contributed by atoms with Gasteiger partial charge in [-0.25, -0.2) is 4.79 Å². The van der Waals surface area contributed by atoms with Crippen LogP contribution in [-0.4, -0.2) is 57.8 Å². The number of nitrogens with zero attached hydrogens (tertiary/aromatic N) is 1. The highest BCUT2D eigenvalue weighted by atomic mass is 79.9. The number of rotatable bonds is 9. The molecule has 3 aromatic rings. The molecule has 182 valence electrons. The monoisotopic (exact) mass is 535 g/mol. The minimum absolute atomic E-state index is 0.0415. The Bertz CT molecular complexity index is 1280. The molecule has 9 nitrogen and oxygen atoms in total. The predicted octanol–water partition coefficient (Wildman–Crippen LogP) is 3.63. The van der Waals surface area contributed by atoms with Gasteiger partial charge < -0.3 is 33.4 Å². The number of hydrogen-bond donors (Lipinski definition) is 1. The summed E-state index contributed by atoms with van der Waals surface area (Å²) >= 11 is 3.50. The van der Waals surface area contributed by atoms with Gasteiger partial charge in [0.2, 0.25) is 0 Å². The number of methoxy groups -OCH3 is 5. The van der Waals surface area contributed by atoms with Crippen molar-refractivity contribution in [3.63, 3.8) is 0 Å². The number of aliphatic hydroxyl groups is 1. The number of carbonyl (C=O) groups excluding carboxylic acids is 1. The maximum absolute atomic E-state index is 13.5. The van der Waals surface area contributed by atoms with Crippen LogP contribution in [0.1, 0.15) is 16.9 Å². The molecule has 0 saturated carbocycles. The lowest BCUT2D eigenvalue weighted by Crippen LogP contribution is -2.28. The van der Waals surface area contributed by atoms with Crippen LogP contribution >= 0.6 is 15.9 Å². The molecular formula is C24H26BrNO8. The van der Waals surface area contributed by atoms with Gasteiger partial charge in [0.15, 0.2) is 23.0 Å². The van der Waals surface area contributed by atoms with E-state index >= 15 is 0 Å². The third-order valence-electron chi connectivity index (χ3n) is 5.42. The van der Waals surface area contributed by atoms with Crippen LogP contribution in [0.15, 0.2) is 33.5 Å². The topological polar surface area (TPSA) is 105 Å². The van der Waals surface area contributed by atoms with Crippen molar-refractivity contribution < 1.29 is 33.6 Å². The second-order valence-corrected chi connectivity index (χ2v) is 8.05. The lowest BCUT2D eigenvalue weighted by atomic mass is 9.95. The highest BCUT2D eigenvalue weighted by molar-refractivity contribution is 9.10. The molecule has 0 spiro atoms. The summed E-state index contributed by atoms with van der Waals surface area (Å²) in [7, 11) is 7.23. The number of benzene rings is 2. The van der Waals surface area contributed by atoms with Gasteiger partial charge in [-0.15, -0.1) is 0 Å². The fraction of sp³-hybridized carbons (Fsp3) is 0.333. The first kappa shape index (κ1) is 25.4.